The number of aromatic nitrogens is 2. The van der Waals surface area contributed by atoms with Crippen LogP contribution in [0.3, 0.4) is 0 Å². The standard InChI is InChI=1S/C18H18N6O4S/c19-9-1-11-24(12-2-10-20)29(26,27)15-7-5-13(6-8-15)16(25)21-18-23-22-17(28-18)14-3-4-14/h5-8,14H,1-4,11-12H2,(H,21,23,25). The first kappa shape index (κ1) is 20.5. The van der Waals surface area contributed by atoms with Crippen LogP contribution in [0.4, 0.5) is 6.01 Å². The number of rotatable bonds is 9. The molecule has 1 aromatic carbocycles. The second kappa shape index (κ2) is 8.82. The van der Waals surface area contributed by atoms with Crippen LogP contribution in [0.25, 0.3) is 0 Å². The van der Waals surface area contributed by atoms with Crippen molar-refractivity contribution >= 4 is 21.9 Å². The lowest BCUT2D eigenvalue weighted by molar-refractivity contribution is 0.102. The van der Waals surface area contributed by atoms with Gasteiger partial charge >= 0.3 is 6.01 Å². The van der Waals surface area contributed by atoms with Gasteiger partial charge in [0.25, 0.3) is 5.91 Å². The molecule has 2 aromatic rings. The Morgan fingerprint density at radius 2 is 1.76 bits per heavy atom. The molecule has 1 saturated carbocycles. The number of nitrogens with one attached hydrogen (secondary N) is 1. The van der Waals surface area contributed by atoms with E-state index in [0.717, 1.165) is 17.1 Å². The fourth-order valence-corrected chi connectivity index (χ4v) is 4.02. The number of carbonyl (C=O) groups excluding carboxylic acids is 1. The summed E-state index contributed by atoms with van der Waals surface area (Å²) in [4.78, 5) is 12.3. The van der Waals surface area contributed by atoms with Gasteiger partial charge in [-0.05, 0) is 37.1 Å². The Morgan fingerprint density at radius 1 is 1.14 bits per heavy atom. The Morgan fingerprint density at radius 3 is 2.31 bits per heavy atom. The summed E-state index contributed by atoms with van der Waals surface area (Å²) in [6.45, 7) is -0.0213. The van der Waals surface area contributed by atoms with Gasteiger partial charge in [-0.1, -0.05) is 5.10 Å². The van der Waals surface area contributed by atoms with E-state index in [2.05, 4.69) is 15.5 Å². The molecular weight excluding hydrogens is 396 g/mol. The summed E-state index contributed by atoms with van der Waals surface area (Å²) in [5.74, 6) is 0.255. The van der Waals surface area contributed by atoms with Crippen LogP contribution in [0.5, 0.6) is 0 Å². The molecule has 3 rings (SSSR count). The number of carbonyl (C=O) groups is 1. The maximum absolute atomic E-state index is 12.8. The molecule has 10 nitrogen and oxygen atoms in total. The normalized spacial score (nSPS) is 13.6. The summed E-state index contributed by atoms with van der Waals surface area (Å²) in [6, 6.07) is 9.13. The van der Waals surface area contributed by atoms with Gasteiger partial charge in [0, 0.05) is 37.4 Å². The monoisotopic (exact) mass is 414 g/mol. The molecular formula is C18H18N6O4S. The molecule has 150 valence electrons. The Bertz CT molecular complexity index is 1040. The van der Waals surface area contributed by atoms with Gasteiger partial charge in [-0.2, -0.15) is 14.8 Å². The van der Waals surface area contributed by atoms with Gasteiger partial charge in [-0.15, -0.1) is 5.10 Å². The van der Waals surface area contributed by atoms with E-state index in [4.69, 9.17) is 14.9 Å². The first-order chi connectivity index (χ1) is 14.0. The molecule has 0 radical (unpaired) electrons. The molecule has 1 fully saturated rings. The molecule has 0 saturated heterocycles. The van der Waals surface area contributed by atoms with Crippen molar-refractivity contribution in [1.82, 2.24) is 14.5 Å². The Balaban J connectivity index is 1.70. The average molecular weight is 414 g/mol. The molecule has 1 amide bonds. The highest BCUT2D eigenvalue weighted by molar-refractivity contribution is 7.89. The van der Waals surface area contributed by atoms with Crippen LogP contribution in [0.2, 0.25) is 0 Å². The summed E-state index contributed by atoms with van der Waals surface area (Å²) in [7, 11) is -3.89. The van der Waals surface area contributed by atoms with Crippen LogP contribution < -0.4 is 5.32 Å². The predicted molar refractivity (Wildman–Crippen MR) is 99.9 cm³/mol. The van der Waals surface area contributed by atoms with Crippen molar-refractivity contribution in [3.05, 3.63) is 35.7 Å². The maximum Gasteiger partial charge on any atom is 0.322 e. The highest BCUT2D eigenvalue weighted by atomic mass is 32.2. The lowest BCUT2D eigenvalue weighted by Gasteiger charge is -2.20. The average Bonchev–Trinajstić information content (AvgIpc) is 3.47. The number of anilines is 1. The van der Waals surface area contributed by atoms with Gasteiger partial charge < -0.3 is 4.42 Å². The number of sulfonamides is 1. The second-order valence-corrected chi connectivity index (χ2v) is 8.36. The largest absolute Gasteiger partial charge is 0.408 e. The third kappa shape index (κ3) is 4.96. The van der Waals surface area contributed by atoms with Crippen molar-refractivity contribution in [2.75, 3.05) is 18.4 Å². The molecule has 1 aliphatic rings. The van der Waals surface area contributed by atoms with Crippen LogP contribution in [0.1, 0.15) is 47.8 Å². The minimum atomic E-state index is -3.89. The first-order valence-corrected chi connectivity index (χ1v) is 10.4. The number of hydrogen-bond acceptors (Lipinski definition) is 8. The van der Waals surface area contributed by atoms with E-state index >= 15 is 0 Å². The topological polar surface area (TPSA) is 153 Å². The second-order valence-electron chi connectivity index (χ2n) is 6.42. The third-order valence-electron chi connectivity index (χ3n) is 4.29. The van der Waals surface area contributed by atoms with Crippen LogP contribution in [-0.2, 0) is 10.0 Å². The van der Waals surface area contributed by atoms with E-state index in [1.54, 1.807) is 0 Å². The molecule has 1 aromatic heterocycles. The van der Waals surface area contributed by atoms with Gasteiger partial charge in [0.2, 0.25) is 15.9 Å². The number of amides is 1. The smallest absolute Gasteiger partial charge is 0.322 e. The van der Waals surface area contributed by atoms with E-state index in [-0.39, 0.29) is 48.3 Å². The fourth-order valence-electron chi connectivity index (χ4n) is 2.58. The van der Waals surface area contributed by atoms with Crippen molar-refractivity contribution < 1.29 is 17.6 Å². The van der Waals surface area contributed by atoms with E-state index < -0.39 is 15.9 Å². The third-order valence-corrected chi connectivity index (χ3v) is 6.20. The van der Waals surface area contributed by atoms with Crippen LogP contribution >= 0.6 is 0 Å². The van der Waals surface area contributed by atoms with Crippen molar-refractivity contribution in [2.24, 2.45) is 0 Å². The molecule has 1 heterocycles. The Labute approximate surface area is 167 Å². The number of nitrogens with zero attached hydrogens (tertiary/aromatic N) is 5. The zero-order valence-corrected chi connectivity index (χ0v) is 16.2. The minimum Gasteiger partial charge on any atom is -0.408 e. The quantitative estimate of drug-likeness (QED) is 0.654. The highest BCUT2D eigenvalue weighted by Crippen LogP contribution is 2.39. The molecule has 1 N–H and O–H groups in total. The summed E-state index contributed by atoms with van der Waals surface area (Å²) < 4.78 is 32.0. The van der Waals surface area contributed by atoms with E-state index in [1.807, 2.05) is 12.1 Å². The zero-order valence-electron chi connectivity index (χ0n) is 15.4. The van der Waals surface area contributed by atoms with Gasteiger partial charge in [0.05, 0.1) is 17.0 Å². The molecule has 29 heavy (non-hydrogen) atoms. The van der Waals surface area contributed by atoms with Crippen molar-refractivity contribution in [2.45, 2.75) is 36.5 Å². The summed E-state index contributed by atoms with van der Waals surface area (Å²) >= 11 is 0. The van der Waals surface area contributed by atoms with Crippen molar-refractivity contribution in [1.29, 1.82) is 10.5 Å². The predicted octanol–water partition coefficient (Wildman–Crippen LogP) is 2.02. The SMILES string of the molecule is N#CCCN(CCC#N)S(=O)(=O)c1ccc(C(=O)Nc2nnc(C3CC3)o2)cc1. The summed E-state index contributed by atoms with van der Waals surface area (Å²) in [5, 5.41) is 27.6. The van der Waals surface area contributed by atoms with Gasteiger partial charge in [-0.25, -0.2) is 8.42 Å². The molecule has 1 aliphatic carbocycles. The zero-order chi connectivity index (χ0) is 20.9. The summed E-state index contributed by atoms with van der Waals surface area (Å²) in [6.07, 6.45) is 2.01. The van der Waals surface area contributed by atoms with E-state index in [0.29, 0.717) is 5.89 Å². The highest BCUT2D eigenvalue weighted by Gasteiger charge is 2.29. The molecule has 0 spiro atoms. The van der Waals surface area contributed by atoms with Crippen molar-refractivity contribution in [3.8, 4) is 12.1 Å². The summed E-state index contributed by atoms with van der Waals surface area (Å²) in [5.41, 5.74) is 0.218. The van der Waals surface area contributed by atoms with Crippen molar-refractivity contribution in [3.63, 3.8) is 0 Å². The molecule has 0 unspecified atom stereocenters. The maximum atomic E-state index is 12.8. The number of benzene rings is 1. The first-order valence-electron chi connectivity index (χ1n) is 8.94. The minimum absolute atomic E-state index is 0.00669. The lowest BCUT2D eigenvalue weighted by Crippen LogP contribution is -2.32. The fraction of sp³-hybridized carbons (Fsp3) is 0.389. The lowest BCUT2D eigenvalue weighted by atomic mass is 10.2. The van der Waals surface area contributed by atoms with E-state index in [9.17, 15) is 13.2 Å². The van der Waals surface area contributed by atoms with Gasteiger partial charge in [0.1, 0.15) is 0 Å². The van der Waals surface area contributed by atoms with Crippen LogP contribution in [0, 0.1) is 22.7 Å². The van der Waals surface area contributed by atoms with Gasteiger partial charge in [0.15, 0.2) is 0 Å². The van der Waals surface area contributed by atoms with Gasteiger partial charge in [-0.3, -0.25) is 10.1 Å². The van der Waals surface area contributed by atoms with E-state index in [1.165, 1.54) is 24.3 Å². The Hall–Kier alpha value is -3.28. The molecule has 0 atom stereocenters. The molecule has 0 aliphatic heterocycles. The Kier molecular flexibility index (Phi) is 6.22. The number of nitriles is 2. The molecule has 0 bridgehead atoms. The number of hydrogen-bond donors (Lipinski definition) is 1. The van der Waals surface area contributed by atoms with Crippen LogP contribution in [-0.4, -0.2) is 41.9 Å². The van der Waals surface area contributed by atoms with Crippen LogP contribution in [0.15, 0.2) is 33.6 Å². The molecule has 11 heteroatoms.